The molecular weight excluding hydrogens is 206 g/mol. The van der Waals surface area contributed by atoms with E-state index in [4.69, 9.17) is 0 Å². The molecule has 0 aromatic heterocycles. The third-order valence-electron chi connectivity index (χ3n) is 2.31. The summed E-state index contributed by atoms with van der Waals surface area (Å²) in [5, 5.41) is 0. The third-order valence-corrected chi connectivity index (χ3v) is 2.31. The van der Waals surface area contributed by atoms with Crippen LogP contribution in [-0.4, -0.2) is 0 Å². The van der Waals surface area contributed by atoms with Gasteiger partial charge in [-0.3, -0.25) is 0 Å². The van der Waals surface area contributed by atoms with E-state index in [1.54, 1.807) is 0 Å². The van der Waals surface area contributed by atoms with E-state index < -0.39 is 11.7 Å². The minimum absolute atomic E-state index is 0.464. The summed E-state index contributed by atoms with van der Waals surface area (Å²) in [6.07, 6.45) is 3.43. The van der Waals surface area contributed by atoms with Crippen LogP contribution in [0.15, 0.2) is 35.5 Å². The standard InChI is InChI=1S/C10H12F2.C4H6/c1-3-9(11)10(12)8-6-4-5-7(8)2;1-3-4-2/h3H,2,4-6H2,1H3;1-2H3/b9-3+,10-8+;. The summed E-state index contributed by atoms with van der Waals surface area (Å²) in [6.45, 7) is 8.80. The normalized spacial score (nSPS) is 18.3. The largest absolute Gasteiger partial charge is 0.204 e. The maximum absolute atomic E-state index is 13.1. The molecule has 0 nitrogen and oxygen atoms in total. The highest BCUT2D eigenvalue weighted by Gasteiger charge is 2.18. The van der Waals surface area contributed by atoms with Crippen LogP contribution in [0.25, 0.3) is 0 Å². The summed E-state index contributed by atoms with van der Waals surface area (Å²) in [5.74, 6) is 3.87. The van der Waals surface area contributed by atoms with Gasteiger partial charge in [-0.2, -0.15) is 0 Å². The van der Waals surface area contributed by atoms with Crippen LogP contribution in [0.5, 0.6) is 0 Å². The lowest BCUT2D eigenvalue weighted by Crippen LogP contribution is -1.84. The SMILES string of the molecule is C=C1CCC/C1=C(F)/C(F)=C\C.CC#CC. The molecule has 0 saturated heterocycles. The molecule has 88 valence electrons. The Morgan fingerprint density at radius 1 is 1.25 bits per heavy atom. The second-order valence-electron chi connectivity index (χ2n) is 3.39. The van der Waals surface area contributed by atoms with E-state index in [2.05, 4.69) is 18.4 Å². The van der Waals surface area contributed by atoms with E-state index >= 15 is 0 Å². The average molecular weight is 224 g/mol. The first-order chi connectivity index (χ1) is 7.58. The predicted molar refractivity (Wildman–Crippen MR) is 65.1 cm³/mol. The lowest BCUT2D eigenvalue weighted by molar-refractivity contribution is 0.536. The second-order valence-corrected chi connectivity index (χ2v) is 3.39. The van der Waals surface area contributed by atoms with Gasteiger partial charge in [0.25, 0.3) is 0 Å². The smallest absolute Gasteiger partial charge is 0.161 e. The Bertz CT molecular complexity index is 356. The van der Waals surface area contributed by atoms with E-state index in [1.165, 1.54) is 6.92 Å². The molecule has 1 fully saturated rings. The Morgan fingerprint density at radius 3 is 2.12 bits per heavy atom. The van der Waals surface area contributed by atoms with Gasteiger partial charge in [-0.05, 0) is 57.3 Å². The zero-order chi connectivity index (χ0) is 12.6. The molecule has 1 aliphatic rings. The molecule has 1 saturated carbocycles. The number of hydrogen-bond acceptors (Lipinski definition) is 0. The molecule has 0 aromatic carbocycles. The van der Waals surface area contributed by atoms with Crippen molar-refractivity contribution < 1.29 is 8.78 Å². The molecule has 0 aromatic rings. The fourth-order valence-corrected chi connectivity index (χ4v) is 1.34. The van der Waals surface area contributed by atoms with E-state index in [9.17, 15) is 8.78 Å². The van der Waals surface area contributed by atoms with Crippen molar-refractivity contribution >= 4 is 0 Å². The summed E-state index contributed by atoms with van der Waals surface area (Å²) in [6, 6.07) is 0. The van der Waals surface area contributed by atoms with Crippen molar-refractivity contribution in [1.82, 2.24) is 0 Å². The van der Waals surface area contributed by atoms with Crippen molar-refractivity contribution in [2.75, 3.05) is 0 Å². The average Bonchev–Trinajstić information content (AvgIpc) is 2.73. The Hall–Kier alpha value is -1.36. The van der Waals surface area contributed by atoms with E-state index in [1.807, 2.05) is 13.8 Å². The first-order valence-corrected chi connectivity index (χ1v) is 5.30. The quantitative estimate of drug-likeness (QED) is 0.558. The highest BCUT2D eigenvalue weighted by molar-refractivity contribution is 5.40. The van der Waals surface area contributed by atoms with Crippen LogP contribution >= 0.6 is 0 Å². The molecule has 0 heterocycles. The molecule has 0 unspecified atom stereocenters. The summed E-state index contributed by atoms with van der Waals surface area (Å²) in [4.78, 5) is 0. The number of hydrogen-bond donors (Lipinski definition) is 0. The molecule has 0 radical (unpaired) electrons. The summed E-state index contributed by atoms with van der Waals surface area (Å²) >= 11 is 0. The Kier molecular flexibility index (Phi) is 7.20. The van der Waals surface area contributed by atoms with Crippen molar-refractivity contribution in [3.63, 3.8) is 0 Å². The molecule has 2 heteroatoms. The topological polar surface area (TPSA) is 0 Å². The van der Waals surface area contributed by atoms with Crippen molar-refractivity contribution in [3.8, 4) is 11.8 Å². The summed E-state index contributed by atoms with van der Waals surface area (Å²) < 4.78 is 25.9. The van der Waals surface area contributed by atoms with Crippen LogP contribution in [-0.2, 0) is 0 Å². The molecule has 0 amide bonds. The van der Waals surface area contributed by atoms with Gasteiger partial charge in [-0.1, -0.05) is 6.58 Å². The van der Waals surface area contributed by atoms with Crippen LogP contribution in [0.3, 0.4) is 0 Å². The van der Waals surface area contributed by atoms with Crippen molar-refractivity contribution in [3.05, 3.63) is 35.5 Å². The fourth-order valence-electron chi connectivity index (χ4n) is 1.34. The van der Waals surface area contributed by atoms with Crippen LogP contribution < -0.4 is 0 Å². The van der Waals surface area contributed by atoms with Gasteiger partial charge in [-0.25, -0.2) is 8.78 Å². The Morgan fingerprint density at radius 2 is 1.81 bits per heavy atom. The van der Waals surface area contributed by atoms with E-state index in [-0.39, 0.29) is 0 Å². The van der Waals surface area contributed by atoms with E-state index in [0.717, 1.165) is 24.5 Å². The van der Waals surface area contributed by atoms with Crippen LogP contribution in [0.2, 0.25) is 0 Å². The zero-order valence-electron chi connectivity index (χ0n) is 10.2. The molecule has 0 N–H and O–H groups in total. The van der Waals surface area contributed by atoms with Crippen LogP contribution in [0.4, 0.5) is 8.78 Å². The minimum Gasteiger partial charge on any atom is -0.204 e. The first-order valence-electron chi connectivity index (χ1n) is 5.30. The van der Waals surface area contributed by atoms with Gasteiger partial charge >= 0.3 is 0 Å². The van der Waals surface area contributed by atoms with Crippen molar-refractivity contribution in [2.24, 2.45) is 0 Å². The van der Waals surface area contributed by atoms with Crippen molar-refractivity contribution in [2.45, 2.75) is 40.0 Å². The number of rotatable bonds is 1. The van der Waals surface area contributed by atoms with Gasteiger partial charge in [-0.15, -0.1) is 11.8 Å². The zero-order valence-corrected chi connectivity index (χ0v) is 10.2. The molecule has 0 spiro atoms. The maximum Gasteiger partial charge on any atom is 0.161 e. The number of halogens is 2. The highest BCUT2D eigenvalue weighted by atomic mass is 19.2. The van der Waals surface area contributed by atoms with Gasteiger partial charge < -0.3 is 0 Å². The molecule has 0 atom stereocenters. The fraction of sp³-hybridized carbons (Fsp3) is 0.429. The lowest BCUT2D eigenvalue weighted by Gasteiger charge is -2.00. The first kappa shape index (κ1) is 14.6. The monoisotopic (exact) mass is 224 g/mol. The molecular formula is C14H18F2. The maximum atomic E-state index is 13.1. The highest BCUT2D eigenvalue weighted by Crippen LogP contribution is 2.34. The van der Waals surface area contributed by atoms with Gasteiger partial charge in [0.2, 0.25) is 0 Å². The Balaban J connectivity index is 0.000000487. The lowest BCUT2D eigenvalue weighted by atomic mass is 10.1. The third kappa shape index (κ3) is 4.44. The summed E-state index contributed by atoms with van der Waals surface area (Å²) in [5.41, 5.74) is 1.20. The molecule has 16 heavy (non-hydrogen) atoms. The molecule has 0 bridgehead atoms. The van der Waals surface area contributed by atoms with E-state index in [0.29, 0.717) is 12.0 Å². The molecule has 1 rings (SSSR count). The van der Waals surface area contributed by atoms with Crippen LogP contribution in [0, 0.1) is 11.8 Å². The minimum atomic E-state index is -0.770. The van der Waals surface area contributed by atoms with Gasteiger partial charge in [0.1, 0.15) is 0 Å². The van der Waals surface area contributed by atoms with Gasteiger partial charge in [0.05, 0.1) is 0 Å². The van der Waals surface area contributed by atoms with Crippen molar-refractivity contribution in [1.29, 1.82) is 0 Å². The molecule has 0 aliphatic heterocycles. The second kappa shape index (κ2) is 7.87. The summed E-state index contributed by atoms with van der Waals surface area (Å²) in [7, 11) is 0. The van der Waals surface area contributed by atoms with Gasteiger partial charge in [0.15, 0.2) is 11.7 Å². The van der Waals surface area contributed by atoms with Gasteiger partial charge in [0, 0.05) is 0 Å². The Labute approximate surface area is 96.7 Å². The number of allylic oxidation sites excluding steroid dienone is 5. The van der Waals surface area contributed by atoms with Crippen LogP contribution in [0.1, 0.15) is 40.0 Å². The predicted octanol–water partition coefficient (Wildman–Crippen LogP) is 4.85. The molecule has 1 aliphatic carbocycles.